The van der Waals surface area contributed by atoms with Crippen LogP contribution in [0.3, 0.4) is 0 Å². The third-order valence-electron chi connectivity index (χ3n) is 5.62. The minimum absolute atomic E-state index is 0.0332. The largest absolute Gasteiger partial charge is 0.437 e. The van der Waals surface area contributed by atoms with E-state index in [4.69, 9.17) is 15.3 Å². The zero-order valence-corrected chi connectivity index (χ0v) is 20.2. The second kappa shape index (κ2) is 9.46. The average Bonchev–Trinajstić information content (AvgIpc) is 3.35. The van der Waals surface area contributed by atoms with Gasteiger partial charge in [0.25, 0.3) is 0 Å². The summed E-state index contributed by atoms with van der Waals surface area (Å²) in [5.74, 6) is 0.716. The van der Waals surface area contributed by atoms with E-state index < -0.39 is 5.82 Å². The van der Waals surface area contributed by atoms with Crippen LogP contribution in [0.15, 0.2) is 66.0 Å². The van der Waals surface area contributed by atoms with Crippen molar-refractivity contribution in [2.45, 2.75) is 13.8 Å². The third-order valence-corrected chi connectivity index (χ3v) is 6.52. The molecule has 6 nitrogen and oxygen atoms in total. The van der Waals surface area contributed by atoms with Crippen LogP contribution >= 0.6 is 11.3 Å². The van der Waals surface area contributed by atoms with Crippen molar-refractivity contribution in [3.8, 4) is 34.9 Å². The van der Waals surface area contributed by atoms with Crippen molar-refractivity contribution in [2.75, 3.05) is 5.32 Å². The number of fused-ring (bicyclic) bond motifs is 1. The first-order valence-corrected chi connectivity index (χ1v) is 11.8. The fourth-order valence-electron chi connectivity index (χ4n) is 3.89. The molecule has 36 heavy (non-hydrogen) atoms. The molecule has 0 spiro atoms. The van der Waals surface area contributed by atoms with Crippen LogP contribution in [0.25, 0.3) is 21.3 Å². The van der Waals surface area contributed by atoms with Gasteiger partial charge in [-0.2, -0.15) is 15.5 Å². The minimum Gasteiger partial charge on any atom is -0.437 e. The van der Waals surface area contributed by atoms with E-state index >= 15 is 0 Å². The Morgan fingerprint density at radius 1 is 0.889 bits per heavy atom. The van der Waals surface area contributed by atoms with E-state index in [0.29, 0.717) is 28.4 Å². The fraction of sp³-hybridized carbons (Fsp3) is 0.0714. The first kappa shape index (κ1) is 23.0. The van der Waals surface area contributed by atoms with Gasteiger partial charge in [-0.15, -0.1) is 11.3 Å². The van der Waals surface area contributed by atoms with E-state index in [-0.39, 0.29) is 11.5 Å². The normalized spacial score (nSPS) is 10.6. The summed E-state index contributed by atoms with van der Waals surface area (Å²) >= 11 is 1.47. The first-order valence-electron chi connectivity index (χ1n) is 11.0. The van der Waals surface area contributed by atoms with Crippen molar-refractivity contribution in [3.63, 3.8) is 0 Å². The maximum atomic E-state index is 14.1. The van der Waals surface area contributed by atoms with E-state index in [9.17, 15) is 4.39 Å². The van der Waals surface area contributed by atoms with Crippen LogP contribution in [0.5, 0.6) is 11.6 Å². The average molecular weight is 492 g/mol. The van der Waals surface area contributed by atoms with E-state index in [2.05, 4.69) is 21.4 Å². The number of halogens is 1. The number of nitrogens with zero attached hydrogens (tertiary/aromatic N) is 4. The van der Waals surface area contributed by atoms with E-state index in [0.717, 1.165) is 27.0 Å². The molecule has 0 bridgehead atoms. The van der Waals surface area contributed by atoms with Crippen molar-refractivity contribution in [1.29, 1.82) is 10.5 Å². The highest BCUT2D eigenvalue weighted by Gasteiger charge is 2.16. The van der Waals surface area contributed by atoms with Gasteiger partial charge in [0.15, 0.2) is 0 Å². The highest BCUT2D eigenvalue weighted by molar-refractivity contribution is 7.17. The third kappa shape index (κ3) is 4.46. The Bertz CT molecular complexity index is 1670. The maximum Gasteiger partial charge on any atom is 0.242 e. The molecule has 174 valence electrons. The second-order valence-corrected chi connectivity index (χ2v) is 9.07. The van der Waals surface area contributed by atoms with Crippen LogP contribution in [0.2, 0.25) is 0 Å². The maximum absolute atomic E-state index is 14.1. The summed E-state index contributed by atoms with van der Waals surface area (Å²) in [6.45, 7) is 3.95. The lowest BCUT2D eigenvalue weighted by atomic mass is 9.99. The summed E-state index contributed by atoms with van der Waals surface area (Å²) in [6.07, 6.45) is 0. The van der Waals surface area contributed by atoms with Crippen LogP contribution in [-0.2, 0) is 0 Å². The van der Waals surface area contributed by atoms with Crippen molar-refractivity contribution >= 4 is 33.2 Å². The predicted molar refractivity (Wildman–Crippen MR) is 138 cm³/mol. The highest BCUT2D eigenvalue weighted by atomic mass is 32.1. The lowest BCUT2D eigenvalue weighted by Crippen LogP contribution is -2.01. The van der Waals surface area contributed by atoms with Gasteiger partial charge in [-0.3, -0.25) is 0 Å². The molecule has 1 N–H and O–H groups in total. The van der Waals surface area contributed by atoms with Gasteiger partial charge >= 0.3 is 0 Å². The summed E-state index contributed by atoms with van der Waals surface area (Å²) < 4.78 is 21.2. The first-order chi connectivity index (χ1) is 17.4. The highest BCUT2D eigenvalue weighted by Crippen LogP contribution is 2.37. The molecule has 0 aliphatic heterocycles. The summed E-state index contributed by atoms with van der Waals surface area (Å²) in [6, 6.07) is 21.6. The van der Waals surface area contributed by atoms with Gasteiger partial charge in [0.05, 0.1) is 22.7 Å². The molecule has 5 aromatic rings. The van der Waals surface area contributed by atoms with Gasteiger partial charge < -0.3 is 10.1 Å². The smallest absolute Gasteiger partial charge is 0.242 e. The lowest BCUT2D eigenvalue weighted by Gasteiger charge is -2.15. The number of thiophene rings is 1. The number of hydrogen-bond donors (Lipinski definition) is 1. The molecular weight excluding hydrogens is 473 g/mol. The van der Waals surface area contributed by atoms with Crippen LogP contribution in [0.4, 0.5) is 16.0 Å². The molecule has 0 amide bonds. The topological polar surface area (TPSA) is 94.6 Å². The Morgan fingerprint density at radius 3 is 2.31 bits per heavy atom. The summed E-state index contributed by atoms with van der Waals surface area (Å²) in [5, 5.41) is 22.9. The molecule has 0 atom stereocenters. The van der Waals surface area contributed by atoms with Crippen molar-refractivity contribution < 1.29 is 9.13 Å². The molecule has 2 aromatic heterocycles. The van der Waals surface area contributed by atoms with Crippen molar-refractivity contribution in [3.05, 3.63) is 94.1 Å². The molecule has 0 fully saturated rings. The number of aryl methyl sites for hydroxylation is 2. The van der Waals surface area contributed by atoms with Crippen LogP contribution in [-0.4, -0.2) is 9.97 Å². The number of aromatic nitrogens is 2. The van der Waals surface area contributed by atoms with E-state index in [1.807, 2.05) is 55.6 Å². The molecule has 3 aromatic carbocycles. The number of nitrogens with one attached hydrogen (secondary N) is 1. The summed E-state index contributed by atoms with van der Waals surface area (Å²) in [5.41, 5.74) is 5.60. The second-order valence-electron chi connectivity index (χ2n) is 8.15. The van der Waals surface area contributed by atoms with Gasteiger partial charge in [0.1, 0.15) is 22.3 Å². The van der Waals surface area contributed by atoms with Gasteiger partial charge in [-0.05, 0) is 90.0 Å². The Hall–Kier alpha value is -4.79. The molecule has 0 radical (unpaired) electrons. The minimum atomic E-state index is -0.621. The molecular formula is C28H18FN5OS. The molecule has 0 aliphatic rings. The Kier molecular flexibility index (Phi) is 6.03. The SMILES string of the molecule is Cc1cc(-c2ccc(C#N)cc2)cc(C)c1Oc1nc(Nc2ccc(C#N)c(F)c2)nc2ccsc12. The quantitative estimate of drug-likeness (QED) is 0.275. The summed E-state index contributed by atoms with van der Waals surface area (Å²) in [4.78, 5) is 9.08. The zero-order chi connectivity index (χ0) is 25.2. The van der Waals surface area contributed by atoms with Crippen molar-refractivity contribution in [2.24, 2.45) is 0 Å². The number of rotatable bonds is 5. The number of hydrogen-bond acceptors (Lipinski definition) is 7. The van der Waals surface area contributed by atoms with Gasteiger partial charge in [-0.1, -0.05) is 12.1 Å². The molecule has 0 saturated heterocycles. The van der Waals surface area contributed by atoms with Gasteiger partial charge in [0.2, 0.25) is 11.8 Å². The number of ether oxygens (including phenoxy) is 1. The molecule has 0 aliphatic carbocycles. The Morgan fingerprint density at radius 2 is 1.64 bits per heavy atom. The molecule has 0 saturated carbocycles. The van der Waals surface area contributed by atoms with Crippen LogP contribution in [0.1, 0.15) is 22.3 Å². The van der Waals surface area contributed by atoms with Crippen LogP contribution in [0, 0.1) is 42.3 Å². The fourth-order valence-corrected chi connectivity index (χ4v) is 4.64. The Balaban J connectivity index is 1.48. The number of benzene rings is 3. The Labute approximate surface area is 210 Å². The van der Waals surface area contributed by atoms with Gasteiger partial charge in [-0.25, -0.2) is 9.37 Å². The molecule has 2 heterocycles. The lowest BCUT2D eigenvalue weighted by molar-refractivity contribution is 0.463. The predicted octanol–water partition coefficient (Wildman–Crippen LogP) is 7.39. The summed E-state index contributed by atoms with van der Waals surface area (Å²) in [7, 11) is 0. The van der Waals surface area contributed by atoms with Crippen molar-refractivity contribution in [1.82, 2.24) is 9.97 Å². The monoisotopic (exact) mass is 491 g/mol. The molecule has 5 rings (SSSR count). The van der Waals surface area contributed by atoms with E-state index in [1.165, 1.54) is 23.5 Å². The zero-order valence-electron chi connectivity index (χ0n) is 19.3. The van der Waals surface area contributed by atoms with Crippen LogP contribution < -0.4 is 10.1 Å². The van der Waals surface area contributed by atoms with E-state index in [1.54, 1.807) is 18.2 Å². The number of nitriles is 2. The van der Waals surface area contributed by atoms with Gasteiger partial charge in [0, 0.05) is 5.69 Å². The number of anilines is 2. The standard InChI is InChI=1S/C28H18FN5OS/c1-16-11-21(19-5-3-18(14-30)4-6-19)12-17(2)25(16)35-27-26-24(9-10-36-26)33-28(34-27)32-22-8-7-20(15-31)23(29)13-22/h3-13H,1-2H3,(H,32,33,34). The molecule has 0 unspecified atom stereocenters. The molecule has 8 heteroatoms.